The molecule has 2 N–H and O–H groups in total. The standard InChI is InChI=1S/C14H18BrN3O3/c1-2-5-14(6-7-16-9-14)13(19)17-12-8-10(18(20)21)3-4-11(12)15/h3-4,8,16H,2,5-7,9H2,1H3,(H,17,19). The van der Waals surface area contributed by atoms with Gasteiger partial charge in [-0.3, -0.25) is 14.9 Å². The molecule has 1 fully saturated rings. The molecule has 0 spiro atoms. The fourth-order valence-electron chi connectivity index (χ4n) is 2.72. The van der Waals surface area contributed by atoms with E-state index in [1.807, 2.05) is 0 Å². The number of hydrogen-bond donors (Lipinski definition) is 2. The molecule has 114 valence electrons. The van der Waals surface area contributed by atoms with Crippen molar-refractivity contribution >= 4 is 33.2 Å². The number of carbonyl (C=O) groups is 1. The van der Waals surface area contributed by atoms with Crippen molar-refractivity contribution < 1.29 is 9.72 Å². The second-order valence-electron chi connectivity index (χ2n) is 5.33. The van der Waals surface area contributed by atoms with Crippen LogP contribution in [0.25, 0.3) is 0 Å². The molecule has 0 radical (unpaired) electrons. The Balaban J connectivity index is 2.22. The number of amides is 1. The SMILES string of the molecule is CCCC1(C(=O)Nc2cc([N+](=O)[O-])ccc2Br)CCNC1. The minimum Gasteiger partial charge on any atom is -0.324 e. The Hall–Kier alpha value is -1.47. The maximum absolute atomic E-state index is 12.6. The summed E-state index contributed by atoms with van der Waals surface area (Å²) in [6, 6.07) is 4.36. The Kier molecular flexibility index (Phi) is 4.95. The topological polar surface area (TPSA) is 84.3 Å². The fourth-order valence-corrected chi connectivity index (χ4v) is 3.07. The first-order valence-electron chi connectivity index (χ1n) is 6.94. The Morgan fingerprint density at radius 1 is 1.57 bits per heavy atom. The molecule has 1 aromatic rings. The third-order valence-corrected chi connectivity index (χ3v) is 4.55. The molecule has 21 heavy (non-hydrogen) atoms. The number of rotatable bonds is 5. The van der Waals surface area contributed by atoms with E-state index in [4.69, 9.17) is 0 Å². The second kappa shape index (κ2) is 6.53. The summed E-state index contributed by atoms with van der Waals surface area (Å²) < 4.78 is 0.638. The molecule has 1 heterocycles. The van der Waals surface area contributed by atoms with Crippen LogP contribution in [0.4, 0.5) is 11.4 Å². The number of nitrogens with one attached hydrogen (secondary N) is 2. The smallest absolute Gasteiger partial charge is 0.271 e. The predicted molar refractivity (Wildman–Crippen MR) is 84.3 cm³/mol. The van der Waals surface area contributed by atoms with Gasteiger partial charge in [-0.2, -0.15) is 0 Å². The van der Waals surface area contributed by atoms with Crippen molar-refractivity contribution in [1.82, 2.24) is 5.32 Å². The second-order valence-corrected chi connectivity index (χ2v) is 6.19. The quantitative estimate of drug-likeness (QED) is 0.627. The van der Waals surface area contributed by atoms with Crippen LogP contribution in [0.1, 0.15) is 26.2 Å². The predicted octanol–water partition coefficient (Wildman–Crippen LogP) is 3.08. The van der Waals surface area contributed by atoms with Crippen LogP contribution < -0.4 is 10.6 Å². The third kappa shape index (κ3) is 3.41. The molecular weight excluding hydrogens is 338 g/mol. The number of benzene rings is 1. The number of nitro groups is 1. The van der Waals surface area contributed by atoms with E-state index >= 15 is 0 Å². The molecule has 1 aliphatic rings. The highest BCUT2D eigenvalue weighted by molar-refractivity contribution is 9.10. The van der Waals surface area contributed by atoms with Crippen molar-refractivity contribution in [1.29, 1.82) is 0 Å². The zero-order chi connectivity index (χ0) is 15.5. The molecule has 6 nitrogen and oxygen atoms in total. The van der Waals surface area contributed by atoms with E-state index < -0.39 is 10.3 Å². The normalized spacial score (nSPS) is 21.2. The highest BCUT2D eigenvalue weighted by atomic mass is 79.9. The van der Waals surface area contributed by atoms with Crippen molar-refractivity contribution in [2.24, 2.45) is 5.41 Å². The zero-order valence-electron chi connectivity index (χ0n) is 11.8. The van der Waals surface area contributed by atoms with Gasteiger partial charge in [0.05, 0.1) is 16.0 Å². The number of carbonyl (C=O) groups excluding carboxylic acids is 1. The highest BCUT2D eigenvalue weighted by Crippen LogP contribution is 2.34. The van der Waals surface area contributed by atoms with Crippen LogP contribution in [-0.4, -0.2) is 23.9 Å². The van der Waals surface area contributed by atoms with E-state index in [9.17, 15) is 14.9 Å². The van der Waals surface area contributed by atoms with Crippen LogP contribution in [0.15, 0.2) is 22.7 Å². The van der Waals surface area contributed by atoms with Crippen molar-refractivity contribution in [2.75, 3.05) is 18.4 Å². The summed E-state index contributed by atoms with van der Waals surface area (Å²) in [4.78, 5) is 23.0. The van der Waals surface area contributed by atoms with Gasteiger partial charge in [0.15, 0.2) is 0 Å². The van der Waals surface area contributed by atoms with Crippen LogP contribution in [0.3, 0.4) is 0 Å². The summed E-state index contributed by atoms with van der Waals surface area (Å²) in [5.74, 6) is -0.0736. The minimum atomic E-state index is -0.471. The van der Waals surface area contributed by atoms with Gasteiger partial charge in [0.2, 0.25) is 5.91 Å². The average molecular weight is 356 g/mol. The summed E-state index contributed by atoms with van der Waals surface area (Å²) in [6.45, 7) is 3.53. The van der Waals surface area contributed by atoms with Gasteiger partial charge in [0, 0.05) is 23.2 Å². The van der Waals surface area contributed by atoms with Crippen LogP contribution >= 0.6 is 15.9 Å². The molecule has 1 atom stereocenters. The lowest BCUT2D eigenvalue weighted by Gasteiger charge is -2.26. The van der Waals surface area contributed by atoms with Gasteiger partial charge in [-0.1, -0.05) is 13.3 Å². The van der Waals surface area contributed by atoms with E-state index in [1.54, 1.807) is 6.07 Å². The number of hydrogen-bond acceptors (Lipinski definition) is 4. The first-order chi connectivity index (χ1) is 9.98. The van der Waals surface area contributed by atoms with Crippen LogP contribution in [0.2, 0.25) is 0 Å². The summed E-state index contributed by atoms with van der Waals surface area (Å²) in [5.41, 5.74) is -0.0158. The zero-order valence-corrected chi connectivity index (χ0v) is 13.4. The van der Waals surface area contributed by atoms with E-state index in [0.29, 0.717) is 16.7 Å². The number of nitrogens with zero attached hydrogens (tertiary/aromatic N) is 1. The molecule has 0 saturated carbocycles. The minimum absolute atomic E-state index is 0.0393. The van der Waals surface area contributed by atoms with Gasteiger partial charge in [-0.15, -0.1) is 0 Å². The van der Waals surface area contributed by atoms with E-state index in [2.05, 4.69) is 33.5 Å². The first-order valence-corrected chi connectivity index (χ1v) is 7.74. The van der Waals surface area contributed by atoms with Crippen molar-refractivity contribution in [2.45, 2.75) is 26.2 Å². The van der Waals surface area contributed by atoms with Crippen LogP contribution in [-0.2, 0) is 4.79 Å². The molecule has 7 heteroatoms. The summed E-state index contributed by atoms with van der Waals surface area (Å²) >= 11 is 3.32. The van der Waals surface area contributed by atoms with Crippen molar-refractivity contribution in [3.8, 4) is 0 Å². The van der Waals surface area contributed by atoms with Gasteiger partial charge in [-0.05, 0) is 41.4 Å². The van der Waals surface area contributed by atoms with Gasteiger partial charge in [0.1, 0.15) is 0 Å². The van der Waals surface area contributed by atoms with Crippen LogP contribution in [0, 0.1) is 15.5 Å². The highest BCUT2D eigenvalue weighted by Gasteiger charge is 2.40. The van der Waals surface area contributed by atoms with Crippen LogP contribution in [0.5, 0.6) is 0 Å². The number of halogens is 1. The molecule has 1 amide bonds. The maximum atomic E-state index is 12.6. The summed E-state index contributed by atoms with van der Waals surface area (Å²) in [6.07, 6.45) is 2.52. The molecule has 1 aromatic carbocycles. The van der Waals surface area contributed by atoms with Crippen molar-refractivity contribution in [3.05, 3.63) is 32.8 Å². The van der Waals surface area contributed by atoms with E-state index in [1.165, 1.54) is 12.1 Å². The molecule has 1 unspecified atom stereocenters. The largest absolute Gasteiger partial charge is 0.324 e. The molecule has 0 aromatic heterocycles. The van der Waals surface area contributed by atoms with Crippen molar-refractivity contribution in [3.63, 3.8) is 0 Å². The lowest BCUT2D eigenvalue weighted by Crippen LogP contribution is -2.38. The molecule has 0 aliphatic carbocycles. The lowest BCUT2D eigenvalue weighted by molar-refractivity contribution is -0.384. The molecule has 1 saturated heterocycles. The lowest BCUT2D eigenvalue weighted by atomic mass is 9.81. The van der Waals surface area contributed by atoms with E-state index in [0.717, 1.165) is 25.8 Å². The monoisotopic (exact) mass is 355 g/mol. The molecule has 0 bridgehead atoms. The Morgan fingerprint density at radius 3 is 2.90 bits per heavy atom. The molecular formula is C14H18BrN3O3. The van der Waals surface area contributed by atoms with Gasteiger partial charge < -0.3 is 10.6 Å². The molecule has 2 rings (SSSR count). The van der Waals surface area contributed by atoms with E-state index in [-0.39, 0.29) is 11.6 Å². The van der Waals surface area contributed by atoms with Gasteiger partial charge >= 0.3 is 0 Å². The Morgan fingerprint density at radius 2 is 2.33 bits per heavy atom. The first kappa shape index (κ1) is 15.9. The number of nitro benzene ring substituents is 1. The van der Waals surface area contributed by atoms with Gasteiger partial charge in [0.25, 0.3) is 5.69 Å². The number of non-ortho nitro benzene ring substituents is 1. The Labute approximate surface area is 131 Å². The Bertz CT molecular complexity index is 556. The fraction of sp³-hybridized carbons (Fsp3) is 0.500. The average Bonchev–Trinajstić information content (AvgIpc) is 2.91. The third-order valence-electron chi connectivity index (χ3n) is 3.86. The summed E-state index contributed by atoms with van der Waals surface area (Å²) in [5, 5.41) is 16.9. The summed E-state index contributed by atoms with van der Waals surface area (Å²) in [7, 11) is 0. The van der Waals surface area contributed by atoms with Gasteiger partial charge in [-0.25, -0.2) is 0 Å². The maximum Gasteiger partial charge on any atom is 0.271 e. The molecule has 1 aliphatic heterocycles. The number of anilines is 1.